The van der Waals surface area contributed by atoms with Gasteiger partial charge < -0.3 is 14.1 Å². The average molecular weight is 395 g/mol. The molecule has 0 radical (unpaired) electrons. The minimum absolute atomic E-state index is 0.0478. The van der Waals surface area contributed by atoms with Crippen LogP contribution in [0.25, 0.3) is 11.5 Å². The summed E-state index contributed by atoms with van der Waals surface area (Å²) in [6.07, 6.45) is 0.876. The second kappa shape index (κ2) is 7.67. The van der Waals surface area contributed by atoms with Crippen LogP contribution < -0.4 is 9.64 Å². The number of rotatable bonds is 5. The number of nitrogens with zero attached hydrogens (tertiary/aromatic N) is 3. The number of aromatic nitrogens is 2. The summed E-state index contributed by atoms with van der Waals surface area (Å²) >= 11 is 1.28. The van der Waals surface area contributed by atoms with Crippen LogP contribution in [-0.4, -0.2) is 34.5 Å². The highest BCUT2D eigenvalue weighted by atomic mass is 32.2. The van der Waals surface area contributed by atoms with E-state index >= 15 is 0 Å². The molecule has 7 heteroatoms. The molecule has 1 aliphatic heterocycles. The molecule has 144 valence electrons. The van der Waals surface area contributed by atoms with Crippen molar-refractivity contribution in [2.75, 3.05) is 12.0 Å². The predicted octanol–water partition coefficient (Wildman–Crippen LogP) is 4.20. The molecular weight excluding hydrogens is 374 g/mol. The zero-order valence-corrected chi connectivity index (χ0v) is 16.8. The van der Waals surface area contributed by atoms with Crippen molar-refractivity contribution < 1.29 is 13.9 Å². The third-order valence-corrected chi connectivity index (χ3v) is 5.74. The smallest absolute Gasteiger partial charge is 0.277 e. The van der Waals surface area contributed by atoms with Crippen molar-refractivity contribution in [1.82, 2.24) is 10.2 Å². The highest BCUT2D eigenvalue weighted by Crippen LogP contribution is 2.35. The molecule has 3 aromatic rings. The number of thioether (sulfide) groups is 1. The van der Waals surface area contributed by atoms with Gasteiger partial charge in [0.1, 0.15) is 5.75 Å². The summed E-state index contributed by atoms with van der Waals surface area (Å²) < 4.78 is 10.9. The minimum atomic E-state index is -0.335. The zero-order chi connectivity index (χ0) is 19.7. The molecule has 0 bridgehead atoms. The zero-order valence-electron chi connectivity index (χ0n) is 16.0. The molecule has 2 aromatic carbocycles. The monoisotopic (exact) mass is 395 g/mol. The van der Waals surface area contributed by atoms with E-state index in [1.54, 1.807) is 7.11 Å². The van der Waals surface area contributed by atoms with Gasteiger partial charge in [0.25, 0.3) is 5.22 Å². The van der Waals surface area contributed by atoms with Gasteiger partial charge in [-0.25, -0.2) is 0 Å². The van der Waals surface area contributed by atoms with Crippen LogP contribution in [0.5, 0.6) is 5.75 Å². The molecule has 2 unspecified atom stereocenters. The summed E-state index contributed by atoms with van der Waals surface area (Å²) in [5.41, 5.74) is 3.01. The SMILES string of the molecule is COc1ccc(-c2nnc(SC(C)C(=O)N3c4ccccc4CC3C)o2)cc1. The lowest BCUT2D eigenvalue weighted by atomic mass is 10.1. The summed E-state index contributed by atoms with van der Waals surface area (Å²) in [6, 6.07) is 15.6. The number of hydrogen-bond donors (Lipinski definition) is 0. The average Bonchev–Trinajstić information content (AvgIpc) is 3.31. The highest BCUT2D eigenvalue weighted by Gasteiger charge is 2.34. The van der Waals surface area contributed by atoms with Crippen molar-refractivity contribution in [3.8, 4) is 17.2 Å². The van der Waals surface area contributed by atoms with E-state index in [0.29, 0.717) is 11.1 Å². The van der Waals surface area contributed by atoms with Gasteiger partial charge in [-0.3, -0.25) is 4.79 Å². The van der Waals surface area contributed by atoms with Gasteiger partial charge in [0.2, 0.25) is 11.8 Å². The topological polar surface area (TPSA) is 68.5 Å². The fourth-order valence-electron chi connectivity index (χ4n) is 3.41. The van der Waals surface area contributed by atoms with Crippen molar-refractivity contribution in [1.29, 1.82) is 0 Å². The molecule has 0 N–H and O–H groups in total. The number of anilines is 1. The first-order valence-electron chi connectivity index (χ1n) is 9.12. The quantitative estimate of drug-likeness (QED) is 0.603. The first-order valence-corrected chi connectivity index (χ1v) is 10.0. The highest BCUT2D eigenvalue weighted by molar-refractivity contribution is 8.00. The second-order valence-electron chi connectivity index (χ2n) is 6.75. The van der Waals surface area contributed by atoms with Crippen LogP contribution in [0.3, 0.4) is 0 Å². The number of ether oxygens (including phenoxy) is 1. The molecule has 0 saturated heterocycles. The molecule has 0 spiro atoms. The Kier molecular flexibility index (Phi) is 5.09. The molecule has 0 fully saturated rings. The lowest BCUT2D eigenvalue weighted by molar-refractivity contribution is -0.118. The molecule has 28 heavy (non-hydrogen) atoms. The van der Waals surface area contributed by atoms with Crippen molar-refractivity contribution in [2.24, 2.45) is 0 Å². The van der Waals surface area contributed by atoms with Crippen molar-refractivity contribution in [3.63, 3.8) is 0 Å². The number of methoxy groups -OCH3 is 1. The Hall–Kier alpha value is -2.80. The van der Waals surface area contributed by atoms with Crippen LogP contribution in [-0.2, 0) is 11.2 Å². The van der Waals surface area contributed by atoms with Gasteiger partial charge in [0.05, 0.1) is 12.4 Å². The molecule has 6 nitrogen and oxygen atoms in total. The van der Waals surface area contributed by atoms with Crippen LogP contribution >= 0.6 is 11.8 Å². The number of hydrogen-bond acceptors (Lipinski definition) is 6. The molecule has 0 saturated carbocycles. The number of benzene rings is 2. The molecule has 1 amide bonds. The number of amides is 1. The summed E-state index contributed by atoms with van der Waals surface area (Å²) in [4.78, 5) is 15.0. The van der Waals surface area contributed by atoms with Gasteiger partial charge in [0.15, 0.2) is 0 Å². The fourth-order valence-corrected chi connectivity index (χ4v) is 4.14. The van der Waals surface area contributed by atoms with E-state index in [2.05, 4.69) is 23.2 Å². The van der Waals surface area contributed by atoms with Crippen LogP contribution in [0.2, 0.25) is 0 Å². The fraction of sp³-hybridized carbons (Fsp3) is 0.286. The third-order valence-electron chi connectivity index (χ3n) is 4.81. The Morgan fingerprint density at radius 3 is 2.71 bits per heavy atom. The maximum atomic E-state index is 13.1. The van der Waals surface area contributed by atoms with Crippen LogP contribution in [0.15, 0.2) is 58.2 Å². The molecular formula is C21H21N3O3S. The summed E-state index contributed by atoms with van der Waals surface area (Å²) in [5, 5.41) is 8.24. The maximum absolute atomic E-state index is 13.1. The van der Waals surface area contributed by atoms with E-state index in [-0.39, 0.29) is 17.2 Å². The van der Waals surface area contributed by atoms with E-state index in [4.69, 9.17) is 9.15 Å². The molecule has 1 aromatic heterocycles. The van der Waals surface area contributed by atoms with Gasteiger partial charge in [-0.1, -0.05) is 30.0 Å². The maximum Gasteiger partial charge on any atom is 0.277 e. The van der Waals surface area contributed by atoms with E-state index in [1.165, 1.54) is 17.3 Å². The van der Waals surface area contributed by atoms with Crippen LogP contribution in [0.1, 0.15) is 19.4 Å². The summed E-state index contributed by atoms with van der Waals surface area (Å²) in [7, 11) is 1.62. The van der Waals surface area contributed by atoms with Gasteiger partial charge in [-0.05, 0) is 56.2 Å². The van der Waals surface area contributed by atoms with E-state index in [9.17, 15) is 4.79 Å². The Morgan fingerprint density at radius 1 is 1.21 bits per heavy atom. The Balaban J connectivity index is 1.47. The van der Waals surface area contributed by atoms with E-state index in [0.717, 1.165) is 23.4 Å². The lowest BCUT2D eigenvalue weighted by Crippen LogP contribution is -2.40. The predicted molar refractivity (Wildman–Crippen MR) is 109 cm³/mol. The molecule has 1 aliphatic rings. The Labute approximate surface area is 167 Å². The van der Waals surface area contributed by atoms with E-state index in [1.807, 2.05) is 54.3 Å². The first kappa shape index (κ1) is 18.6. The molecule has 4 rings (SSSR count). The van der Waals surface area contributed by atoms with Gasteiger partial charge in [-0.2, -0.15) is 0 Å². The number of fused-ring (bicyclic) bond motifs is 1. The third kappa shape index (κ3) is 3.49. The molecule has 2 atom stereocenters. The van der Waals surface area contributed by atoms with Crippen molar-refractivity contribution >= 4 is 23.4 Å². The number of carbonyl (C=O) groups is 1. The molecule has 0 aliphatic carbocycles. The van der Waals surface area contributed by atoms with Gasteiger partial charge in [0, 0.05) is 17.3 Å². The van der Waals surface area contributed by atoms with Gasteiger partial charge in [-0.15, -0.1) is 10.2 Å². The normalized spacial score (nSPS) is 16.7. The van der Waals surface area contributed by atoms with Gasteiger partial charge >= 0.3 is 0 Å². The summed E-state index contributed by atoms with van der Waals surface area (Å²) in [5.74, 6) is 1.23. The Morgan fingerprint density at radius 2 is 1.96 bits per heavy atom. The first-order chi connectivity index (χ1) is 13.6. The van der Waals surface area contributed by atoms with Crippen molar-refractivity contribution in [3.05, 3.63) is 54.1 Å². The van der Waals surface area contributed by atoms with Crippen LogP contribution in [0.4, 0.5) is 5.69 Å². The van der Waals surface area contributed by atoms with Crippen LogP contribution in [0, 0.1) is 0 Å². The summed E-state index contributed by atoms with van der Waals surface area (Å²) in [6.45, 7) is 3.95. The largest absolute Gasteiger partial charge is 0.497 e. The molecule has 2 heterocycles. The standard InChI is InChI=1S/C21H21N3O3S/c1-13-12-16-6-4-5-7-18(16)24(13)20(25)14(2)28-21-23-22-19(27-21)15-8-10-17(26-3)11-9-15/h4-11,13-14H,12H2,1-3H3. The second-order valence-corrected chi connectivity index (χ2v) is 8.04. The lowest BCUT2D eigenvalue weighted by Gasteiger charge is -2.25. The number of para-hydroxylation sites is 1. The van der Waals surface area contributed by atoms with E-state index < -0.39 is 0 Å². The minimum Gasteiger partial charge on any atom is -0.497 e. The van der Waals surface area contributed by atoms with Crippen molar-refractivity contribution in [2.45, 2.75) is 36.8 Å². The number of carbonyl (C=O) groups excluding carboxylic acids is 1. The Bertz CT molecular complexity index is 987.